The van der Waals surface area contributed by atoms with E-state index in [1.165, 1.54) is 0 Å². The van der Waals surface area contributed by atoms with Gasteiger partial charge in [0, 0.05) is 6.20 Å². The molecule has 6 heteroatoms. The Bertz CT molecular complexity index is 321. The summed E-state index contributed by atoms with van der Waals surface area (Å²) in [4.78, 5) is 18.0. The van der Waals surface area contributed by atoms with Crippen LogP contribution in [0.2, 0.25) is 0 Å². The first-order valence-electron chi connectivity index (χ1n) is 3.50. The van der Waals surface area contributed by atoms with Crippen molar-refractivity contribution in [3.05, 3.63) is 24.4 Å². The molecule has 6 nitrogen and oxygen atoms in total. The number of pyridine rings is 1. The SMILES string of the molecule is NC(=O)N/C(N)=N\c1ccccn1. The van der Waals surface area contributed by atoms with E-state index < -0.39 is 6.03 Å². The average Bonchev–Trinajstić information content (AvgIpc) is 2.04. The number of aliphatic imine (C=N–C) groups is 1. The van der Waals surface area contributed by atoms with Crippen LogP contribution >= 0.6 is 0 Å². The van der Waals surface area contributed by atoms with E-state index in [0.29, 0.717) is 5.82 Å². The Kier molecular flexibility index (Phi) is 2.80. The number of primary amides is 1. The average molecular weight is 179 g/mol. The Morgan fingerprint density at radius 1 is 1.46 bits per heavy atom. The molecule has 0 fully saturated rings. The van der Waals surface area contributed by atoms with Crippen LogP contribution in [0.4, 0.5) is 10.6 Å². The maximum Gasteiger partial charge on any atom is 0.318 e. The normalized spacial score (nSPS) is 10.9. The molecule has 0 atom stereocenters. The van der Waals surface area contributed by atoms with Crippen molar-refractivity contribution in [3.63, 3.8) is 0 Å². The highest BCUT2D eigenvalue weighted by Gasteiger charge is 1.95. The van der Waals surface area contributed by atoms with Crippen molar-refractivity contribution in [3.8, 4) is 0 Å². The highest BCUT2D eigenvalue weighted by Crippen LogP contribution is 2.03. The number of urea groups is 1. The lowest BCUT2D eigenvalue weighted by Crippen LogP contribution is -2.39. The topological polar surface area (TPSA) is 106 Å². The second-order valence-corrected chi connectivity index (χ2v) is 2.17. The zero-order chi connectivity index (χ0) is 9.68. The Morgan fingerprint density at radius 3 is 2.77 bits per heavy atom. The second kappa shape index (κ2) is 4.05. The summed E-state index contributed by atoms with van der Waals surface area (Å²) >= 11 is 0. The van der Waals surface area contributed by atoms with Crippen LogP contribution in [0.5, 0.6) is 0 Å². The Morgan fingerprint density at radius 2 is 2.23 bits per heavy atom. The van der Waals surface area contributed by atoms with Gasteiger partial charge in [-0.25, -0.2) is 9.78 Å². The molecule has 0 radical (unpaired) electrons. The molecular formula is C7H9N5O. The molecular weight excluding hydrogens is 170 g/mol. The van der Waals surface area contributed by atoms with Gasteiger partial charge in [0.1, 0.15) is 0 Å². The molecule has 13 heavy (non-hydrogen) atoms. The van der Waals surface area contributed by atoms with Crippen LogP contribution in [0.3, 0.4) is 0 Å². The third-order valence-electron chi connectivity index (χ3n) is 1.14. The summed E-state index contributed by atoms with van der Waals surface area (Å²) < 4.78 is 0. The molecule has 0 unspecified atom stereocenters. The first-order chi connectivity index (χ1) is 6.18. The molecule has 1 aromatic rings. The van der Waals surface area contributed by atoms with Crippen molar-refractivity contribution in [1.82, 2.24) is 10.3 Å². The van der Waals surface area contributed by atoms with E-state index in [-0.39, 0.29) is 5.96 Å². The standard InChI is InChI=1S/C7H9N5O/c8-6(12-7(9)13)11-5-3-1-2-4-10-5/h1-4H,(H5,8,9,10,11,12,13). The number of amides is 2. The van der Waals surface area contributed by atoms with E-state index in [0.717, 1.165) is 0 Å². The summed E-state index contributed by atoms with van der Waals surface area (Å²) in [5.41, 5.74) is 10.1. The van der Waals surface area contributed by atoms with E-state index in [4.69, 9.17) is 11.5 Å². The minimum Gasteiger partial charge on any atom is -0.369 e. The van der Waals surface area contributed by atoms with Gasteiger partial charge in [0.2, 0.25) is 5.96 Å². The van der Waals surface area contributed by atoms with E-state index in [2.05, 4.69) is 15.3 Å². The lowest BCUT2D eigenvalue weighted by atomic mass is 10.5. The van der Waals surface area contributed by atoms with Crippen molar-refractivity contribution < 1.29 is 4.79 Å². The van der Waals surface area contributed by atoms with Gasteiger partial charge in [-0.15, -0.1) is 0 Å². The lowest BCUT2D eigenvalue weighted by molar-refractivity contribution is 0.253. The maximum atomic E-state index is 10.3. The van der Waals surface area contributed by atoms with Crippen LogP contribution in [0, 0.1) is 0 Å². The van der Waals surface area contributed by atoms with Gasteiger partial charge in [0.15, 0.2) is 5.82 Å². The van der Waals surface area contributed by atoms with Crippen LogP contribution in [0.15, 0.2) is 29.4 Å². The second-order valence-electron chi connectivity index (χ2n) is 2.17. The maximum absolute atomic E-state index is 10.3. The predicted octanol–water partition coefficient (Wildman–Crippen LogP) is -0.304. The third-order valence-corrected chi connectivity index (χ3v) is 1.14. The van der Waals surface area contributed by atoms with E-state index >= 15 is 0 Å². The number of carbonyl (C=O) groups excluding carboxylic acids is 1. The molecule has 0 saturated carbocycles. The molecule has 2 amide bonds. The highest BCUT2D eigenvalue weighted by molar-refractivity contribution is 5.95. The number of guanidine groups is 1. The lowest BCUT2D eigenvalue weighted by Gasteiger charge is -1.98. The molecule has 1 rings (SSSR count). The summed E-state index contributed by atoms with van der Waals surface area (Å²) in [6.07, 6.45) is 1.57. The van der Waals surface area contributed by atoms with Crippen LogP contribution in [0.1, 0.15) is 0 Å². The number of carbonyl (C=O) groups is 1. The first-order valence-corrected chi connectivity index (χ1v) is 3.50. The molecule has 1 aromatic heterocycles. The quantitative estimate of drug-likeness (QED) is 0.406. The minimum atomic E-state index is -0.753. The van der Waals surface area contributed by atoms with Crippen molar-refractivity contribution in [2.75, 3.05) is 0 Å². The first kappa shape index (κ1) is 8.98. The van der Waals surface area contributed by atoms with E-state index in [9.17, 15) is 4.79 Å². The Balaban J connectivity index is 2.71. The van der Waals surface area contributed by atoms with Gasteiger partial charge in [0.05, 0.1) is 0 Å². The predicted molar refractivity (Wildman–Crippen MR) is 48.2 cm³/mol. The van der Waals surface area contributed by atoms with Gasteiger partial charge in [-0.3, -0.25) is 5.32 Å². The van der Waals surface area contributed by atoms with Crippen LogP contribution < -0.4 is 16.8 Å². The number of nitrogens with one attached hydrogen (secondary N) is 1. The number of rotatable bonds is 1. The molecule has 0 aliphatic carbocycles. The number of hydrogen-bond acceptors (Lipinski definition) is 3. The molecule has 1 heterocycles. The fourth-order valence-electron chi connectivity index (χ4n) is 0.697. The highest BCUT2D eigenvalue weighted by atomic mass is 16.2. The molecule has 0 aliphatic rings. The summed E-state index contributed by atoms with van der Waals surface area (Å²) in [6, 6.07) is 4.40. The van der Waals surface area contributed by atoms with Gasteiger partial charge in [-0.2, -0.15) is 4.99 Å². The molecule has 0 aliphatic heterocycles. The number of nitrogens with two attached hydrogens (primary N) is 2. The molecule has 68 valence electrons. The number of aromatic nitrogens is 1. The Labute approximate surface area is 74.7 Å². The van der Waals surface area contributed by atoms with Gasteiger partial charge in [-0.05, 0) is 12.1 Å². The molecule has 0 aromatic carbocycles. The molecule has 0 saturated heterocycles. The van der Waals surface area contributed by atoms with Gasteiger partial charge in [-0.1, -0.05) is 6.07 Å². The van der Waals surface area contributed by atoms with Crippen molar-refractivity contribution >= 4 is 17.8 Å². The Hall–Kier alpha value is -2.11. The van der Waals surface area contributed by atoms with Crippen molar-refractivity contribution in [1.29, 1.82) is 0 Å². The van der Waals surface area contributed by atoms with Crippen LogP contribution in [-0.4, -0.2) is 17.0 Å². The largest absolute Gasteiger partial charge is 0.369 e. The summed E-state index contributed by atoms with van der Waals surface area (Å²) in [5, 5.41) is 2.12. The summed E-state index contributed by atoms with van der Waals surface area (Å²) in [7, 11) is 0. The summed E-state index contributed by atoms with van der Waals surface area (Å²) in [5.74, 6) is 0.333. The van der Waals surface area contributed by atoms with E-state index in [1.807, 2.05) is 0 Å². The van der Waals surface area contributed by atoms with Gasteiger partial charge < -0.3 is 11.5 Å². The van der Waals surface area contributed by atoms with Crippen molar-refractivity contribution in [2.45, 2.75) is 0 Å². The van der Waals surface area contributed by atoms with Gasteiger partial charge >= 0.3 is 6.03 Å². The number of nitrogens with zero attached hydrogens (tertiary/aromatic N) is 2. The van der Waals surface area contributed by atoms with Crippen molar-refractivity contribution in [2.24, 2.45) is 16.5 Å². The zero-order valence-corrected chi connectivity index (χ0v) is 6.77. The molecule has 0 bridgehead atoms. The fourth-order valence-corrected chi connectivity index (χ4v) is 0.697. The molecule has 5 N–H and O–H groups in total. The zero-order valence-electron chi connectivity index (χ0n) is 6.77. The fraction of sp³-hybridized carbons (Fsp3) is 0. The van der Waals surface area contributed by atoms with Crippen LogP contribution in [0.25, 0.3) is 0 Å². The van der Waals surface area contributed by atoms with Crippen LogP contribution in [-0.2, 0) is 0 Å². The summed E-state index contributed by atoms with van der Waals surface area (Å²) in [6.45, 7) is 0. The molecule has 0 spiro atoms. The van der Waals surface area contributed by atoms with Gasteiger partial charge in [0.25, 0.3) is 0 Å². The number of hydrogen-bond donors (Lipinski definition) is 3. The monoisotopic (exact) mass is 179 g/mol. The third kappa shape index (κ3) is 3.19. The van der Waals surface area contributed by atoms with E-state index in [1.54, 1.807) is 24.4 Å². The smallest absolute Gasteiger partial charge is 0.318 e. The minimum absolute atomic E-state index is 0.0776.